The van der Waals surface area contributed by atoms with Crippen LogP contribution in [0.3, 0.4) is 0 Å². The first-order valence-corrected chi connectivity index (χ1v) is 10.3. The molecule has 0 spiro atoms. The molecule has 138 valence electrons. The number of amides is 1. The fraction of sp³-hybridized carbons (Fsp3) is 0.381. The fourth-order valence-corrected chi connectivity index (χ4v) is 4.26. The number of imidazole rings is 1. The average molecular weight is 425 g/mol. The minimum Gasteiger partial charge on any atom is -0.342 e. The number of halogens is 1. The van der Waals surface area contributed by atoms with Crippen LogP contribution >= 0.6 is 15.9 Å². The standard InChI is InChI=1S/C21H21BrN4O/c22-17-7-5-15(6-8-17)20-24-19-18(2-1-10-23-19)26(20)13-14-9-11-25(12-14)21(27)16-3-4-16/h1-2,5-8,10,14,16H,3-4,9,11-13H2/t14-/m0/s1. The predicted molar refractivity (Wildman–Crippen MR) is 108 cm³/mol. The third-order valence-corrected chi connectivity index (χ3v) is 6.12. The quantitative estimate of drug-likeness (QED) is 0.632. The summed E-state index contributed by atoms with van der Waals surface area (Å²) in [6.45, 7) is 2.61. The highest BCUT2D eigenvalue weighted by Crippen LogP contribution is 2.34. The molecule has 1 aromatic carbocycles. The molecule has 0 bridgehead atoms. The molecule has 1 atom stereocenters. The van der Waals surface area contributed by atoms with Gasteiger partial charge in [-0.05, 0) is 49.4 Å². The van der Waals surface area contributed by atoms with E-state index in [9.17, 15) is 4.79 Å². The summed E-state index contributed by atoms with van der Waals surface area (Å²) in [5, 5.41) is 0. The Morgan fingerprint density at radius 1 is 1.15 bits per heavy atom. The van der Waals surface area contributed by atoms with Crippen molar-refractivity contribution in [2.75, 3.05) is 13.1 Å². The topological polar surface area (TPSA) is 51.0 Å². The molecule has 0 unspecified atom stereocenters. The highest BCUT2D eigenvalue weighted by molar-refractivity contribution is 9.10. The van der Waals surface area contributed by atoms with Crippen molar-refractivity contribution < 1.29 is 4.79 Å². The molecule has 1 saturated carbocycles. The fourth-order valence-electron chi connectivity index (χ4n) is 3.99. The van der Waals surface area contributed by atoms with E-state index in [-0.39, 0.29) is 0 Å². The first-order valence-electron chi connectivity index (χ1n) is 9.55. The molecule has 1 saturated heterocycles. The van der Waals surface area contributed by atoms with Gasteiger partial charge in [0.25, 0.3) is 0 Å². The molecule has 27 heavy (non-hydrogen) atoms. The second kappa shape index (κ2) is 6.75. The van der Waals surface area contributed by atoms with Gasteiger partial charge in [-0.1, -0.05) is 28.1 Å². The zero-order valence-electron chi connectivity index (χ0n) is 15.0. The molecule has 3 heterocycles. The molecule has 3 aromatic rings. The van der Waals surface area contributed by atoms with Crippen molar-refractivity contribution in [3.8, 4) is 11.4 Å². The molecule has 1 aliphatic carbocycles. The van der Waals surface area contributed by atoms with Gasteiger partial charge in [0.2, 0.25) is 5.91 Å². The second-order valence-corrected chi connectivity index (χ2v) is 8.53. The lowest BCUT2D eigenvalue weighted by Crippen LogP contribution is -2.30. The molecule has 2 aromatic heterocycles. The number of carbonyl (C=O) groups excluding carboxylic acids is 1. The van der Waals surface area contributed by atoms with Crippen LogP contribution in [0, 0.1) is 11.8 Å². The number of aromatic nitrogens is 3. The Kier molecular flexibility index (Phi) is 4.23. The summed E-state index contributed by atoms with van der Waals surface area (Å²) in [4.78, 5) is 23.7. The van der Waals surface area contributed by atoms with Gasteiger partial charge < -0.3 is 9.47 Å². The zero-order valence-corrected chi connectivity index (χ0v) is 16.6. The number of carbonyl (C=O) groups is 1. The minimum atomic E-state index is 0.306. The zero-order chi connectivity index (χ0) is 18.4. The van der Waals surface area contributed by atoms with E-state index >= 15 is 0 Å². The van der Waals surface area contributed by atoms with Gasteiger partial charge in [-0.3, -0.25) is 4.79 Å². The summed E-state index contributed by atoms with van der Waals surface area (Å²) in [7, 11) is 0. The van der Waals surface area contributed by atoms with Crippen molar-refractivity contribution in [2.24, 2.45) is 11.8 Å². The molecule has 0 radical (unpaired) electrons. The van der Waals surface area contributed by atoms with E-state index in [4.69, 9.17) is 4.98 Å². The van der Waals surface area contributed by atoms with Crippen LogP contribution in [0.4, 0.5) is 0 Å². The summed E-state index contributed by atoms with van der Waals surface area (Å²) < 4.78 is 3.33. The Balaban J connectivity index is 1.46. The van der Waals surface area contributed by atoms with Crippen molar-refractivity contribution in [3.05, 3.63) is 47.1 Å². The molecule has 2 fully saturated rings. The maximum Gasteiger partial charge on any atom is 0.225 e. The van der Waals surface area contributed by atoms with Crippen LogP contribution in [0.15, 0.2) is 47.1 Å². The second-order valence-electron chi connectivity index (χ2n) is 7.61. The van der Waals surface area contributed by atoms with Gasteiger partial charge in [-0.25, -0.2) is 9.97 Å². The van der Waals surface area contributed by atoms with E-state index < -0.39 is 0 Å². The van der Waals surface area contributed by atoms with Crippen molar-refractivity contribution in [2.45, 2.75) is 25.8 Å². The van der Waals surface area contributed by atoms with Crippen molar-refractivity contribution in [3.63, 3.8) is 0 Å². The van der Waals surface area contributed by atoms with Crippen LogP contribution in [0.2, 0.25) is 0 Å². The van der Waals surface area contributed by atoms with Crippen LogP contribution in [-0.2, 0) is 11.3 Å². The number of likely N-dealkylation sites (tertiary alicyclic amines) is 1. The minimum absolute atomic E-state index is 0.306. The van der Waals surface area contributed by atoms with Crippen molar-refractivity contribution in [1.82, 2.24) is 19.4 Å². The Hall–Kier alpha value is -2.21. The van der Waals surface area contributed by atoms with Gasteiger partial charge >= 0.3 is 0 Å². The largest absolute Gasteiger partial charge is 0.342 e. The van der Waals surface area contributed by atoms with Crippen LogP contribution in [0.5, 0.6) is 0 Å². The molecule has 5 nitrogen and oxygen atoms in total. The highest BCUT2D eigenvalue weighted by atomic mass is 79.9. The Labute approximate surface area is 166 Å². The number of hydrogen-bond acceptors (Lipinski definition) is 3. The normalized spacial score (nSPS) is 19.7. The summed E-state index contributed by atoms with van der Waals surface area (Å²) >= 11 is 3.50. The third kappa shape index (κ3) is 3.27. The first kappa shape index (κ1) is 16.9. The van der Waals surface area contributed by atoms with Gasteiger partial charge in [-0.2, -0.15) is 0 Å². The van der Waals surface area contributed by atoms with Gasteiger partial charge in [0, 0.05) is 41.8 Å². The number of fused-ring (bicyclic) bond motifs is 1. The summed E-state index contributed by atoms with van der Waals surface area (Å²) in [6, 6.07) is 12.3. The van der Waals surface area contributed by atoms with Gasteiger partial charge in [0.1, 0.15) is 5.82 Å². The summed E-state index contributed by atoms with van der Waals surface area (Å²) in [5.41, 5.74) is 2.92. The van der Waals surface area contributed by atoms with Crippen molar-refractivity contribution >= 4 is 33.0 Å². The number of hydrogen-bond donors (Lipinski definition) is 0. The number of benzene rings is 1. The number of nitrogens with zero attached hydrogens (tertiary/aromatic N) is 4. The molecular formula is C21H21BrN4O. The molecule has 6 heteroatoms. The molecular weight excluding hydrogens is 404 g/mol. The molecule has 1 amide bonds. The van der Waals surface area contributed by atoms with Gasteiger partial charge in [-0.15, -0.1) is 0 Å². The Morgan fingerprint density at radius 3 is 2.74 bits per heavy atom. The van der Waals surface area contributed by atoms with Crippen LogP contribution in [0.25, 0.3) is 22.6 Å². The van der Waals surface area contributed by atoms with E-state index in [2.05, 4.69) is 48.6 Å². The molecule has 0 N–H and O–H groups in total. The lowest BCUT2D eigenvalue weighted by Gasteiger charge is -2.17. The summed E-state index contributed by atoms with van der Waals surface area (Å²) in [6.07, 6.45) is 4.99. The third-order valence-electron chi connectivity index (χ3n) is 5.59. The Morgan fingerprint density at radius 2 is 1.96 bits per heavy atom. The van der Waals surface area contributed by atoms with E-state index in [1.165, 1.54) is 0 Å². The van der Waals surface area contributed by atoms with Crippen LogP contribution in [-0.4, -0.2) is 38.4 Å². The number of pyridine rings is 1. The van der Waals surface area contributed by atoms with E-state index in [1.807, 2.05) is 18.2 Å². The van der Waals surface area contributed by atoms with Crippen molar-refractivity contribution in [1.29, 1.82) is 0 Å². The molecule has 5 rings (SSSR count). The maximum atomic E-state index is 12.4. The molecule has 1 aliphatic heterocycles. The Bertz CT molecular complexity index is 993. The molecule has 2 aliphatic rings. The lowest BCUT2D eigenvalue weighted by molar-refractivity contribution is -0.131. The first-order chi connectivity index (χ1) is 13.2. The monoisotopic (exact) mass is 424 g/mol. The average Bonchev–Trinajstić information content (AvgIpc) is 3.33. The highest BCUT2D eigenvalue weighted by Gasteiger charge is 2.36. The van der Waals surface area contributed by atoms with E-state index in [0.29, 0.717) is 17.7 Å². The van der Waals surface area contributed by atoms with E-state index in [0.717, 1.165) is 65.9 Å². The number of rotatable bonds is 4. The van der Waals surface area contributed by atoms with E-state index in [1.54, 1.807) is 6.20 Å². The summed E-state index contributed by atoms with van der Waals surface area (Å²) in [5.74, 6) is 2.07. The van der Waals surface area contributed by atoms with Gasteiger partial charge in [0.05, 0.1) is 5.52 Å². The SMILES string of the molecule is O=C(C1CC1)N1CC[C@H](Cn2c(-c3ccc(Br)cc3)nc3ncccc32)C1. The maximum absolute atomic E-state index is 12.4. The lowest BCUT2D eigenvalue weighted by atomic mass is 10.1. The van der Waals surface area contributed by atoms with Gasteiger partial charge in [0.15, 0.2) is 5.65 Å². The predicted octanol–water partition coefficient (Wildman–Crippen LogP) is 4.12. The smallest absolute Gasteiger partial charge is 0.225 e. The van der Waals surface area contributed by atoms with Crippen LogP contribution in [0.1, 0.15) is 19.3 Å². The van der Waals surface area contributed by atoms with Crippen LogP contribution < -0.4 is 0 Å².